The smallest absolute Gasteiger partial charge is 0.253 e. The Labute approximate surface area is 119 Å². The number of likely N-dealkylation sites (tertiary alicyclic amines) is 1. The first-order valence-electron chi connectivity index (χ1n) is 7.29. The molecular formula is C16H20ClNO. The van der Waals surface area contributed by atoms with Gasteiger partial charge in [0.05, 0.1) is 0 Å². The minimum absolute atomic E-state index is 0.167. The highest BCUT2D eigenvalue weighted by molar-refractivity contribution is 6.30. The summed E-state index contributed by atoms with van der Waals surface area (Å²) in [4.78, 5) is 14.5. The molecule has 1 aliphatic carbocycles. The van der Waals surface area contributed by atoms with Crippen molar-refractivity contribution in [3.05, 3.63) is 34.9 Å². The van der Waals surface area contributed by atoms with E-state index in [0.717, 1.165) is 30.5 Å². The summed E-state index contributed by atoms with van der Waals surface area (Å²) >= 11 is 5.87. The van der Waals surface area contributed by atoms with Crippen LogP contribution in [-0.2, 0) is 0 Å². The Kier molecular flexibility index (Phi) is 3.79. The van der Waals surface area contributed by atoms with Crippen LogP contribution < -0.4 is 0 Å². The summed E-state index contributed by atoms with van der Waals surface area (Å²) in [6, 6.07) is 7.25. The SMILES string of the molecule is O=C(c1ccc(Cl)cc1)N1CC[C@@H]2CCCC[C@@H]2C1. The molecule has 0 aromatic heterocycles. The van der Waals surface area contributed by atoms with E-state index < -0.39 is 0 Å². The Bertz CT molecular complexity index is 456. The van der Waals surface area contributed by atoms with Gasteiger partial charge >= 0.3 is 0 Å². The van der Waals surface area contributed by atoms with Crippen LogP contribution in [0.4, 0.5) is 0 Å². The number of hydrogen-bond donors (Lipinski definition) is 0. The summed E-state index contributed by atoms with van der Waals surface area (Å²) in [5.74, 6) is 1.77. The van der Waals surface area contributed by atoms with Gasteiger partial charge in [-0.05, 0) is 48.9 Å². The van der Waals surface area contributed by atoms with Crippen LogP contribution in [0, 0.1) is 11.8 Å². The highest BCUT2D eigenvalue weighted by Crippen LogP contribution is 2.36. The van der Waals surface area contributed by atoms with E-state index in [2.05, 4.69) is 0 Å². The number of piperidine rings is 1. The number of carbonyl (C=O) groups excluding carboxylic acids is 1. The van der Waals surface area contributed by atoms with Gasteiger partial charge in [0.2, 0.25) is 0 Å². The van der Waals surface area contributed by atoms with Crippen molar-refractivity contribution >= 4 is 17.5 Å². The van der Waals surface area contributed by atoms with Crippen molar-refractivity contribution in [2.24, 2.45) is 11.8 Å². The summed E-state index contributed by atoms with van der Waals surface area (Å²) < 4.78 is 0. The largest absolute Gasteiger partial charge is 0.338 e. The van der Waals surface area contributed by atoms with E-state index in [1.165, 1.54) is 32.1 Å². The highest BCUT2D eigenvalue weighted by atomic mass is 35.5. The highest BCUT2D eigenvalue weighted by Gasteiger charge is 2.33. The fourth-order valence-corrected chi connectivity index (χ4v) is 3.69. The molecule has 1 saturated heterocycles. The molecule has 1 heterocycles. The fraction of sp³-hybridized carbons (Fsp3) is 0.562. The van der Waals surface area contributed by atoms with Crippen molar-refractivity contribution in [1.29, 1.82) is 0 Å². The van der Waals surface area contributed by atoms with Gasteiger partial charge in [0.1, 0.15) is 0 Å². The zero-order valence-corrected chi connectivity index (χ0v) is 11.9. The summed E-state index contributed by atoms with van der Waals surface area (Å²) in [6.07, 6.45) is 6.57. The third kappa shape index (κ3) is 2.79. The topological polar surface area (TPSA) is 20.3 Å². The lowest BCUT2D eigenvalue weighted by Crippen LogP contribution is -2.44. The van der Waals surface area contributed by atoms with E-state index in [-0.39, 0.29) is 5.91 Å². The van der Waals surface area contributed by atoms with Crippen LogP contribution in [0.15, 0.2) is 24.3 Å². The van der Waals surface area contributed by atoms with Gasteiger partial charge < -0.3 is 4.90 Å². The van der Waals surface area contributed by atoms with Crippen LogP contribution in [0.5, 0.6) is 0 Å². The number of rotatable bonds is 1. The first-order valence-corrected chi connectivity index (χ1v) is 7.66. The van der Waals surface area contributed by atoms with Gasteiger partial charge in [0, 0.05) is 23.7 Å². The minimum Gasteiger partial charge on any atom is -0.338 e. The number of nitrogens with zero attached hydrogens (tertiary/aromatic N) is 1. The number of halogens is 1. The monoisotopic (exact) mass is 277 g/mol. The molecule has 1 aliphatic heterocycles. The maximum atomic E-state index is 12.5. The molecule has 2 fully saturated rings. The number of carbonyl (C=O) groups is 1. The normalized spacial score (nSPS) is 26.9. The zero-order chi connectivity index (χ0) is 13.2. The quantitative estimate of drug-likeness (QED) is 0.760. The van der Waals surface area contributed by atoms with Gasteiger partial charge in [0.15, 0.2) is 0 Å². The molecule has 1 aromatic rings. The Morgan fingerprint density at radius 1 is 1.05 bits per heavy atom. The molecule has 1 saturated carbocycles. The van der Waals surface area contributed by atoms with Crippen molar-refractivity contribution in [3.8, 4) is 0 Å². The first kappa shape index (κ1) is 13.0. The molecule has 19 heavy (non-hydrogen) atoms. The summed E-state index contributed by atoms with van der Waals surface area (Å²) in [5.41, 5.74) is 0.763. The zero-order valence-electron chi connectivity index (χ0n) is 11.1. The number of fused-ring (bicyclic) bond motifs is 1. The van der Waals surface area contributed by atoms with Crippen LogP contribution >= 0.6 is 11.6 Å². The molecule has 0 unspecified atom stereocenters. The van der Waals surface area contributed by atoms with Gasteiger partial charge in [-0.1, -0.05) is 30.9 Å². The van der Waals surface area contributed by atoms with Gasteiger partial charge in [-0.25, -0.2) is 0 Å². The molecule has 1 amide bonds. The Balaban J connectivity index is 1.69. The van der Waals surface area contributed by atoms with E-state index in [9.17, 15) is 4.79 Å². The van der Waals surface area contributed by atoms with Crippen LogP contribution in [0.2, 0.25) is 5.02 Å². The molecule has 2 nitrogen and oxygen atoms in total. The van der Waals surface area contributed by atoms with Crippen LogP contribution in [-0.4, -0.2) is 23.9 Å². The number of benzene rings is 1. The Morgan fingerprint density at radius 3 is 2.47 bits per heavy atom. The average Bonchev–Trinajstić information content (AvgIpc) is 2.47. The van der Waals surface area contributed by atoms with Crippen LogP contribution in [0.3, 0.4) is 0 Å². The summed E-state index contributed by atoms with van der Waals surface area (Å²) in [6.45, 7) is 1.87. The Morgan fingerprint density at radius 2 is 1.74 bits per heavy atom. The second-order valence-corrected chi connectivity index (χ2v) is 6.29. The van der Waals surface area contributed by atoms with E-state index >= 15 is 0 Å². The van der Waals surface area contributed by atoms with Crippen molar-refractivity contribution in [1.82, 2.24) is 4.90 Å². The predicted octanol–water partition coefficient (Wildman–Crippen LogP) is 3.99. The lowest BCUT2D eigenvalue weighted by atomic mass is 9.75. The number of hydrogen-bond acceptors (Lipinski definition) is 1. The molecule has 1 aromatic carbocycles. The molecule has 0 bridgehead atoms. The molecule has 2 atom stereocenters. The van der Waals surface area contributed by atoms with Crippen LogP contribution in [0.25, 0.3) is 0 Å². The average molecular weight is 278 g/mol. The van der Waals surface area contributed by atoms with Gasteiger partial charge in [-0.15, -0.1) is 0 Å². The van der Waals surface area contributed by atoms with Gasteiger partial charge in [-0.3, -0.25) is 4.79 Å². The molecule has 3 heteroatoms. The lowest BCUT2D eigenvalue weighted by molar-refractivity contribution is 0.0521. The Hall–Kier alpha value is -1.02. The third-order valence-corrected chi connectivity index (χ3v) is 4.92. The second-order valence-electron chi connectivity index (χ2n) is 5.85. The van der Waals surface area contributed by atoms with E-state index in [0.29, 0.717) is 5.02 Å². The van der Waals surface area contributed by atoms with E-state index in [1.807, 2.05) is 17.0 Å². The minimum atomic E-state index is 0.167. The van der Waals surface area contributed by atoms with Crippen molar-refractivity contribution in [2.45, 2.75) is 32.1 Å². The first-order chi connectivity index (χ1) is 9.24. The predicted molar refractivity (Wildman–Crippen MR) is 77.4 cm³/mol. The molecule has 2 aliphatic rings. The fourth-order valence-electron chi connectivity index (χ4n) is 3.56. The van der Waals surface area contributed by atoms with Gasteiger partial charge in [0.25, 0.3) is 5.91 Å². The summed E-state index contributed by atoms with van der Waals surface area (Å²) in [5, 5.41) is 0.683. The molecule has 0 spiro atoms. The van der Waals surface area contributed by atoms with Crippen molar-refractivity contribution in [3.63, 3.8) is 0 Å². The maximum Gasteiger partial charge on any atom is 0.253 e. The molecule has 0 N–H and O–H groups in total. The molecule has 0 radical (unpaired) electrons. The molecule has 102 valence electrons. The second kappa shape index (κ2) is 5.54. The summed E-state index contributed by atoms with van der Waals surface area (Å²) in [7, 11) is 0. The standard InChI is InChI=1S/C16H20ClNO/c17-15-7-5-13(6-8-15)16(19)18-10-9-12-3-1-2-4-14(12)11-18/h5-8,12,14H,1-4,9-11H2/t12-,14+/m0/s1. The maximum absolute atomic E-state index is 12.5. The van der Waals surface area contributed by atoms with E-state index in [4.69, 9.17) is 11.6 Å². The van der Waals surface area contributed by atoms with E-state index in [1.54, 1.807) is 12.1 Å². The molecular weight excluding hydrogens is 258 g/mol. The third-order valence-electron chi connectivity index (χ3n) is 4.67. The van der Waals surface area contributed by atoms with Crippen molar-refractivity contribution < 1.29 is 4.79 Å². The van der Waals surface area contributed by atoms with Crippen molar-refractivity contribution in [2.75, 3.05) is 13.1 Å². The number of amides is 1. The van der Waals surface area contributed by atoms with Crippen LogP contribution in [0.1, 0.15) is 42.5 Å². The van der Waals surface area contributed by atoms with Gasteiger partial charge in [-0.2, -0.15) is 0 Å². The lowest BCUT2D eigenvalue weighted by Gasteiger charge is -2.41. The molecule has 3 rings (SSSR count).